The highest BCUT2D eigenvalue weighted by atomic mass is 79.9. The Balaban J connectivity index is 2.72. The van der Waals surface area contributed by atoms with Crippen LogP contribution in [0.2, 0.25) is 0 Å². The first kappa shape index (κ1) is 14.4. The fourth-order valence-electron chi connectivity index (χ4n) is 1.25. The van der Waals surface area contributed by atoms with E-state index in [0.29, 0.717) is 4.47 Å². The average Bonchev–Trinajstić information content (AvgIpc) is 2.34. The zero-order valence-electron chi connectivity index (χ0n) is 9.65. The number of oxime groups is 1. The summed E-state index contributed by atoms with van der Waals surface area (Å²) in [6.07, 6.45) is 0. The standard InChI is InChI=1S/C11H13BrFN3O2/c1-6(10(14)16-18)5-15-11(17)9-7(12)3-2-4-8(9)13/h2-4,6,18H,5H2,1H3,(H2,14,16)(H,15,17). The van der Waals surface area contributed by atoms with Gasteiger partial charge in [0.15, 0.2) is 0 Å². The van der Waals surface area contributed by atoms with Crippen molar-refractivity contribution >= 4 is 27.7 Å². The summed E-state index contributed by atoms with van der Waals surface area (Å²) in [5, 5.41) is 13.8. The SMILES string of the molecule is CC(CNC(=O)c1c(F)cccc1Br)/C(N)=N/O. The molecule has 0 aromatic heterocycles. The molecular formula is C11H13BrFN3O2. The molecule has 7 heteroatoms. The van der Waals surface area contributed by atoms with E-state index in [4.69, 9.17) is 10.9 Å². The molecule has 0 aliphatic heterocycles. The monoisotopic (exact) mass is 317 g/mol. The molecule has 1 unspecified atom stereocenters. The van der Waals surface area contributed by atoms with Gasteiger partial charge in [0, 0.05) is 16.9 Å². The van der Waals surface area contributed by atoms with Gasteiger partial charge in [0.25, 0.3) is 5.91 Å². The first-order valence-electron chi connectivity index (χ1n) is 5.17. The molecule has 0 spiro atoms. The molecule has 0 heterocycles. The van der Waals surface area contributed by atoms with Crippen LogP contribution in [0.25, 0.3) is 0 Å². The minimum atomic E-state index is -0.613. The van der Waals surface area contributed by atoms with Crippen LogP contribution in [0, 0.1) is 11.7 Å². The van der Waals surface area contributed by atoms with Crippen molar-refractivity contribution in [3.05, 3.63) is 34.1 Å². The summed E-state index contributed by atoms with van der Waals surface area (Å²) < 4.78 is 13.8. The molecule has 0 saturated heterocycles. The maximum absolute atomic E-state index is 13.5. The Morgan fingerprint density at radius 1 is 1.67 bits per heavy atom. The molecular weight excluding hydrogens is 305 g/mol. The van der Waals surface area contributed by atoms with Gasteiger partial charge >= 0.3 is 0 Å². The van der Waals surface area contributed by atoms with Gasteiger partial charge in [-0.1, -0.05) is 18.1 Å². The van der Waals surface area contributed by atoms with Crippen LogP contribution in [-0.4, -0.2) is 23.5 Å². The number of nitrogens with two attached hydrogens (primary N) is 1. The van der Waals surface area contributed by atoms with Crippen molar-refractivity contribution in [3.8, 4) is 0 Å². The molecule has 0 aliphatic rings. The number of amides is 1. The molecule has 1 aromatic carbocycles. The normalized spacial score (nSPS) is 13.2. The molecule has 5 nitrogen and oxygen atoms in total. The summed E-state index contributed by atoms with van der Waals surface area (Å²) in [6.45, 7) is 1.82. The van der Waals surface area contributed by atoms with Crippen LogP contribution >= 0.6 is 15.9 Å². The Bertz CT molecular complexity index is 459. The minimum Gasteiger partial charge on any atom is -0.409 e. The van der Waals surface area contributed by atoms with Gasteiger partial charge < -0.3 is 16.3 Å². The van der Waals surface area contributed by atoms with Crippen molar-refractivity contribution in [2.45, 2.75) is 6.92 Å². The molecule has 0 fully saturated rings. The van der Waals surface area contributed by atoms with E-state index in [9.17, 15) is 9.18 Å². The molecule has 1 amide bonds. The summed E-state index contributed by atoms with van der Waals surface area (Å²) in [6, 6.07) is 4.27. The lowest BCUT2D eigenvalue weighted by Gasteiger charge is -2.12. The Hall–Kier alpha value is -1.63. The number of carbonyl (C=O) groups is 1. The van der Waals surface area contributed by atoms with E-state index in [1.807, 2.05) is 0 Å². The van der Waals surface area contributed by atoms with Crippen molar-refractivity contribution < 1.29 is 14.4 Å². The second kappa shape index (κ2) is 6.34. The molecule has 4 N–H and O–H groups in total. The van der Waals surface area contributed by atoms with E-state index in [1.165, 1.54) is 12.1 Å². The third kappa shape index (κ3) is 3.43. The number of nitrogens with one attached hydrogen (secondary N) is 1. The Kier molecular flexibility index (Phi) is 5.08. The highest BCUT2D eigenvalue weighted by Gasteiger charge is 2.16. The topological polar surface area (TPSA) is 87.7 Å². The van der Waals surface area contributed by atoms with Gasteiger partial charge in [-0.25, -0.2) is 4.39 Å². The summed E-state index contributed by atoms with van der Waals surface area (Å²) in [5.74, 6) is -1.51. The number of carbonyl (C=O) groups excluding carboxylic acids is 1. The van der Waals surface area contributed by atoms with Crippen LogP contribution in [0.15, 0.2) is 27.8 Å². The quantitative estimate of drug-likeness (QED) is 0.342. The number of nitrogens with zero attached hydrogens (tertiary/aromatic N) is 1. The smallest absolute Gasteiger partial charge is 0.255 e. The van der Waals surface area contributed by atoms with E-state index in [1.54, 1.807) is 13.0 Å². The van der Waals surface area contributed by atoms with Crippen molar-refractivity contribution in [3.63, 3.8) is 0 Å². The Morgan fingerprint density at radius 2 is 2.33 bits per heavy atom. The van der Waals surface area contributed by atoms with Crippen LogP contribution in [0.1, 0.15) is 17.3 Å². The van der Waals surface area contributed by atoms with Gasteiger partial charge in [0.1, 0.15) is 11.7 Å². The molecule has 18 heavy (non-hydrogen) atoms. The van der Waals surface area contributed by atoms with Crippen molar-refractivity contribution in [2.75, 3.05) is 6.54 Å². The van der Waals surface area contributed by atoms with E-state index in [0.717, 1.165) is 0 Å². The van der Waals surface area contributed by atoms with Crippen LogP contribution in [0.5, 0.6) is 0 Å². The fourth-order valence-corrected chi connectivity index (χ4v) is 1.77. The summed E-state index contributed by atoms with van der Waals surface area (Å²) >= 11 is 3.11. The lowest BCUT2D eigenvalue weighted by molar-refractivity contribution is 0.0946. The summed E-state index contributed by atoms with van der Waals surface area (Å²) in [5.41, 5.74) is 5.30. The minimum absolute atomic E-state index is 0.00268. The first-order chi connectivity index (χ1) is 8.47. The van der Waals surface area contributed by atoms with Gasteiger partial charge in [-0.2, -0.15) is 0 Å². The lowest BCUT2D eigenvalue weighted by atomic mass is 10.1. The molecule has 0 saturated carbocycles. The first-order valence-corrected chi connectivity index (χ1v) is 5.96. The maximum Gasteiger partial charge on any atom is 0.255 e. The van der Waals surface area contributed by atoms with Gasteiger partial charge in [-0.05, 0) is 28.1 Å². The second-order valence-electron chi connectivity index (χ2n) is 3.73. The van der Waals surface area contributed by atoms with Crippen molar-refractivity contribution in [2.24, 2.45) is 16.8 Å². The molecule has 0 aliphatic carbocycles. The number of halogens is 2. The molecule has 0 radical (unpaired) electrons. The summed E-state index contributed by atoms with van der Waals surface area (Å²) in [7, 11) is 0. The summed E-state index contributed by atoms with van der Waals surface area (Å²) in [4.78, 5) is 11.8. The van der Waals surface area contributed by atoms with E-state index < -0.39 is 11.7 Å². The average molecular weight is 318 g/mol. The number of benzene rings is 1. The van der Waals surface area contributed by atoms with Gasteiger partial charge in [-0.15, -0.1) is 0 Å². The van der Waals surface area contributed by atoms with Crippen molar-refractivity contribution in [1.29, 1.82) is 0 Å². The second-order valence-corrected chi connectivity index (χ2v) is 4.59. The maximum atomic E-state index is 13.5. The van der Waals surface area contributed by atoms with Crippen LogP contribution in [0.3, 0.4) is 0 Å². The molecule has 0 bridgehead atoms. The largest absolute Gasteiger partial charge is 0.409 e. The molecule has 1 aromatic rings. The van der Waals surface area contributed by atoms with E-state index >= 15 is 0 Å². The van der Waals surface area contributed by atoms with Crippen molar-refractivity contribution in [1.82, 2.24) is 5.32 Å². The zero-order chi connectivity index (χ0) is 13.7. The third-order valence-electron chi connectivity index (χ3n) is 2.38. The van der Waals surface area contributed by atoms with Gasteiger partial charge in [-0.3, -0.25) is 4.79 Å². The van der Waals surface area contributed by atoms with Crippen LogP contribution in [0.4, 0.5) is 4.39 Å². The van der Waals surface area contributed by atoms with Gasteiger partial charge in [0.05, 0.1) is 5.56 Å². The highest BCUT2D eigenvalue weighted by Crippen LogP contribution is 2.19. The Labute approximate surface area is 112 Å². The lowest BCUT2D eigenvalue weighted by Crippen LogP contribution is -2.35. The van der Waals surface area contributed by atoms with Crippen LogP contribution in [-0.2, 0) is 0 Å². The number of rotatable bonds is 4. The predicted molar refractivity (Wildman–Crippen MR) is 69.0 cm³/mol. The van der Waals surface area contributed by atoms with Gasteiger partial charge in [0.2, 0.25) is 0 Å². The molecule has 1 atom stereocenters. The van der Waals surface area contributed by atoms with Crippen LogP contribution < -0.4 is 11.1 Å². The predicted octanol–water partition coefficient (Wildman–Crippen LogP) is 1.70. The van der Waals surface area contributed by atoms with E-state index in [2.05, 4.69) is 26.4 Å². The third-order valence-corrected chi connectivity index (χ3v) is 3.04. The Morgan fingerprint density at radius 3 is 2.89 bits per heavy atom. The zero-order valence-corrected chi connectivity index (χ0v) is 11.2. The molecule has 1 rings (SSSR count). The number of hydrogen-bond donors (Lipinski definition) is 3. The highest BCUT2D eigenvalue weighted by molar-refractivity contribution is 9.10. The number of hydrogen-bond acceptors (Lipinski definition) is 3. The van der Waals surface area contributed by atoms with E-state index in [-0.39, 0.29) is 23.9 Å². The number of amidine groups is 1. The molecule has 98 valence electrons. The fraction of sp³-hybridized carbons (Fsp3) is 0.273.